The molecule has 0 unspecified atom stereocenters. The van der Waals surface area contributed by atoms with Crippen LogP contribution in [0.5, 0.6) is 0 Å². The van der Waals surface area contributed by atoms with Crippen molar-refractivity contribution in [3.63, 3.8) is 0 Å². The highest BCUT2D eigenvalue weighted by Gasteiger charge is 2.12. The summed E-state index contributed by atoms with van der Waals surface area (Å²) in [4.78, 5) is 8.36. The van der Waals surface area contributed by atoms with E-state index in [1.807, 2.05) is 0 Å². The van der Waals surface area contributed by atoms with Gasteiger partial charge in [0.25, 0.3) is 6.47 Å². The molecule has 1 N–H and O–H groups in total. The minimum atomic E-state index is -0.250. The molecule has 3 rings (SSSR count). The number of nitrogens with zero attached hydrogens (tertiary/aromatic N) is 1. The van der Waals surface area contributed by atoms with Crippen LogP contribution in [0.1, 0.15) is 31.5 Å². The van der Waals surface area contributed by atoms with Crippen molar-refractivity contribution in [3.8, 4) is 16.8 Å². The van der Waals surface area contributed by atoms with Crippen LogP contribution in [0.4, 0.5) is 0 Å². The van der Waals surface area contributed by atoms with Gasteiger partial charge in [-0.05, 0) is 62.1 Å². The van der Waals surface area contributed by atoms with E-state index in [2.05, 4.69) is 110 Å². The van der Waals surface area contributed by atoms with Gasteiger partial charge < -0.3 is 9.67 Å². The van der Waals surface area contributed by atoms with Gasteiger partial charge in [-0.1, -0.05) is 60.7 Å². The van der Waals surface area contributed by atoms with Gasteiger partial charge in [0.15, 0.2) is 0 Å². The summed E-state index contributed by atoms with van der Waals surface area (Å²) in [5.41, 5.74) is 7.56. The maximum Gasteiger partial charge on any atom is 0.290 e. The first-order chi connectivity index (χ1) is 13.6. The standard InChI is InChI=1S/C24H25N.CH2O2/c1-4-6-12-20(5-2)24-17-22(21-13-8-7-9-14-21)18-25(24)23-15-10-11-19(3)16-23;2-1-3/h4-11,13-18H,12H2,1-3H3;1H,(H,2,3)/b6-4-,20-5+;. The van der Waals surface area contributed by atoms with Crippen molar-refractivity contribution in [1.29, 1.82) is 0 Å². The predicted octanol–water partition coefficient (Wildman–Crippen LogP) is 6.52. The zero-order valence-electron chi connectivity index (χ0n) is 16.7. The third-order valence-corrected chi connectivity index (χ3v) is 4.46. The number of aryl methyl sites for hydroxylation is 1. The van der Waals surface area contributed by atoms with Gasteiger partial charge in [-0.15, -0.1) is 0 Å². The summed E-state index contributed by atoms with van der Waals surface area (Å²) in [7, 11) is 0. The second-order valence-electron chi connectivity index (χ2n) is 6.38. The van der Waals surface area contributed by atoms with Crippen LogP contribution in [-0.4, -0.2) is 16.1 Å². The van der Waals surface area contributed by atoms with Crippen molar-refractivity contribution in [1.82, 2.24) is 4.57 Å². The van der Waals surface area contributed by atoms with Gasteiger partial charge in [0.2, 0.25) is 0 Å². The summed E-state index contributed by atoms with van der Waals surface area (Å²) < 4.78 is 2.31. The molecule has 0 saturated heterocycles. The molecule has 0 atom stereocenters. The number of hydrogen-bond donors (Lipinski definition) is 1. The number of allylic oxidation sites excluding steroid dienone is 4. The Morgan fingerprint density at radius 3 is 2.32 bits per heavy atom. The molecule has 0 bridgehead atoms. The number of benzene rings is 2. The minimum absolute atomic E-state index is 0.250. The van der Waals surface area contributed by atoms with E-state index in [9.17, 15) is 0 Å². The van der Waals surface area contributed by atoms with Gasteiger partial charge in [-0.3, -0.25) is 4.79 Å². The molecule has 144 valence electrons. The van der Waals surface area contributed by atoms with E-state index in [1.54, 1.807) is 0 Å². The summed E-state index contributed by atoms with van der Waals surface area (Å²) >= 11 is 0. The Hall–Kier alpha value is -3.33. The first-order valence-corrected chi connectivity index (χ1v) is 9.34. The van der Waals surface area contributed by atoms with Crippen molar-refractivity contribution >= 4 is 12.0 Å². The predicted molar refractivity (Wildman–Crippen MR) is 118 cm³/mol. The van der Waals surface area contributed by atoms with Crippen LogP contribution in [0.25, 0.3) is 22.4 Å². The Morgan fingerprint density at radius 2 is 1.71 bits per heavy atom. The van der Waals surface area contributed by atoms with Crippen LogP contribution < -0.4 is 0 Å². The molecule has 2 aromatic carbocycles. The van der Waals surface area contributed by atoms with Crippen molar-refractivity contribution in [2.24, 2.45) is 0 Å². The average Bonchev–Trinajstić information content (AvgIpc) is 3.15. The molecule has 0 aliphatic rings. The van der Waals surface area contributed by atoms with Gasteiger partial charge >= 0.3 is 0 Å². The maximum absolute atomic E-state index is 8.36. The molecule has 0 aliphatic heterocycles. The fraction of sp³-hybridized carbons (Fsp3) is 0.160. The number of carboxylic acid groups (broad SMARTS) is 1. The molecule has 0 spiro atoms. The summed E-state index contributed by atoms with van der Waals surface area (Å²) in [5.74, 6) is 0. The summed E-state index contributed by atoms with van der Waals surface area (Å²) in [5, 5.41) is 6.89. The summed E-state index contributed by atoms with van der Waals surface area (Å²) in [6.45, 7) is 6.08. The molecule has 3 aromatic rings. The molecule has 0 fully saturated rings. The van der Waals surface area contributed by atoms with E-state index in [1.165, 1.54) is 33.6 Å². The Morgan fingerprint density at radius 1 is 1.00 bits per heavy atom. The first kappa shape index (κ1) is 21.0. The van der Waals surface area contributed by atoms with Crippen molar-refractivity contribution < 1.29 is 9.90 Å². The molecule has 1 aromatic heterocycles. The Kier molecular flexibility index (Phi) is 8.04. The van der Waals surface area contributed by atoms with Gasteiger partial charge in [0.1, 0.15) is 0 Å². The number of carbonyl (C=O) groups is 1. The molecule has 0 saturated carbocycles. The summed E-state index contributed by atoms with van der Waals surface area (Å²) in [6, 6.07) is 21.6. The molecule has 3 nitrogen and oxygen atoms in total. The fourth-order valence-corrected chi connectivity index (χ4v) is 3.11. The zero-order valence-corrected chi connectivity index (χ0v) is 16.7. The SMILES string of the molecule is C/C=C\C/C(=C\C)c1cc(-c2ccccc2)cn1-c1cccc(C)c1.O=CO. The third-order valence-electron chi connectivity index (χ3n) is 4.46. The van der Waals surface area contributed by atoms with E-state index >= 15 is 0 Å². The van der Waals surface area contributed by atoms with E-state index in [0.717, 1.165) is 6.42 Å². The van der Waals surface area contributed by atoms with E-state index in [-0.39, 0.29) is 6.47 Å². The average molecular weight is 373 g/mol. The highest BCUT2D eigenvalue weighted by atomic mass is 16.3. The van der Waals surface area contributed by atoms with Crippen LogP contribution in [0.2, 0.25) is 0 Å². The lowest BCUT2D eigenvalue weighted by molar-refractivity contribution is -0.122. The number of hydrogen-bond acceptors (Lipinski definition) is 1. The summed E-state index contributed by atoms with van der Waals surface area (Å²) in [6.07, 6.45) is 9.73. The smallest absolute Gasteiger partial charge is 0.290 e. The molecule has 1 heterocycles. The molecule has 0 aliphatic carbocycles. The fourth-order valence-electron chi connectivity index (χ4n) is 3.11. The highest BCUT2D eigenvalue weighted by molar-refractivity contribution is 5.74. The third kappa shape index (κ3) is 5.34. The quantitative estimate of drug-likeness (QED) is 0.408. The normalized spacial score (nSPS) is 11.2. The Balaban J connectivity index is 0.000000878. The maximum atomic E-state index is 8.36. The van der Waals surface area contributed by atoms with Gasteiger partial charge in [-0.25, -0.2) is 0 Å². The number of aromatic nitrogens is 1. The van der Waals surface area contributed by atoms with Crippen molar-refractivity contribution in [3.05, 3.63) is 96.3 Å². The monoisotopic (exact) mass is 373 g/mol. The van der Waals surface area contributed by atoms with Gasteiger partial charge in [-0.2, -0.15) is 0 Å². The van der Waals surface area contributed by atoms with Crippen LogP contribution in [0, 0.1) is 6.92 Å². The lowest BCUT2D eigenvalue weighted by Gasteiger charge is -2.12. The van der Waals surface area contributed by atoms with Crippen LogP contribution in [-0.2, 0) is 4.79 Å². The van der Waals surface area contributed by atoms with Crippen molar-refractivity contribution in [2.75, 3.05) is 0 Å². The first-order valence-electron chi connectivity index (χ1n) is 9.34. The second kappa shape index (κ2) is 10.7. The molecule has 3 heteroatoms. The molecule has 0 radical (unpaired) electrons. The highest BCUT2D eigenvalue weighted by Crippen LogP contribution is 2.30. The lowest BCUT2D eigenvalue weighted by Crippen LogP contribution is -1.98. The van der Waals surface area contributed by atoms with Crippen molar-refractivity contribution in [2.45, 2.75) is 27.2 Å². The molecular weight excluding hydrogens is 346 g/mol. The lowest BCUT2D eigenvalue weighted by atomic mass is 10.1. The zero-order chi connectivity index (χ0) is 20.4. The molecular formula is C25H27NO2. The van der Waals surface area contributed by atoms with Crippen LogP contribution >= 0.6 is 0 Å². The number of rotatable bonds is 5. The molecule has 28 heavy (non-hydrogen) atoms. The van der Waals surface area contributed by atoms with E-state index in [4.69, 9.17) is 9.90 Å². The topological polar surface area (TPSA) is 42.2 Å². The van der Waals surface area contributed by atoms with E-state index in [0.29, 0.717) is 0 Å². The van der Waals surface area contributed by atoms with E-state index < -0.39 is 0 Å². The second-order valence-corrected chi connectivity index (χ2v) is 6.38. The van der Waals surface area contributed by atoms with Gasteiger partial charge in [0.05, 0.1) is 0 Å². The van der Waals surface area contributed by atoms with Gasteiger partial charge in [0, 0.05) is 23.1 Å². The van der Waals surface area contributed by atoms with Crippen LogP contribution in [0.15, 0.2) is 85.1 Å². The Bertz CT molecular complexity index is 950. The minimum Gasteiger partial charge on any atom is -0.483 e. The molecule has 0 amide bonds. The largest absolute Gasteiger partial charge is 0.483 e. The van der Waals surface area contributed by atoms with Crippen LogP contribution in [0.3, 0.4) is 0 Å². The Labute approximate surface area is 167 Å².